The first-order valence-corrected chi connectivity index (χ1v) is 7.36. The van der Waals surface area contributed by atoms with E-state index in [1.54, 1.807) is 33.2 Å². The second-order valence-electron chi connectivity index (χ2n) is 5.49. The Morgan fingerprint density at radius 1 is 1.39 bits per heavy atom. The molecule has 1 amide bonds. The van der Waals surface area contributed by atoms with Crippen LogP contribution in [0.5, 0.6) is 5.75 Å². The highest BCUT2D eigenvalue weighted by atomic mass is 16.6. The Balaban J connectivity index is 2.25. The maximum Gasteiger partial charge on any atom is 0.492 e. The summed E-state index contributed by atoms with van der Waals surface area (Å²) in [5.74, 6) is -0.0700. The van der Waals surface area contributed by atoms with Crippen molar-refractivity contribution in [3.63, 3.8) is 0 Å². The van der Waals surface area contributed by atoms with Crippen molar-refractivity contribution in [1.29, 1.82) is 0 Å². The molecule has 0 aliphatic carbocycles. The number of aryl methyl sites for hydroxylation is 1. The summed E-state index contributed by atoms with van der Waals surface area (Å²) in [4.78, 5) is 24.6. The lowest BCUT2D eigenvalue weighted by Gasteiger charge is -2.15. The van der Waals surface area contributed by atoms with Gasteiger partial charge in [0, 0.05) is 14.1 Å². The molecule has 23 heavy (non-hydrogen) atoms. The number of hydrogen-bond acceptors (Lipinski definition) is 6. The predicted molar refractivity (Wildman–Crippen MR) is 83.6 cm³/mol. The summed E-state index contributed by atoms with van der Waals surface area (Å²) in [6, 6.07) is 3.24. The molecule has 1 atom stereocenters. The molecule has 0 aromatic heterocycles. The van der Waals surface area contributed by atoms with Crippen LogP contribution in [0.4, 0.5) is 4.79 Å². The van der Waals surface area contributed by atoms with Gasteiger partial charge in [-0.05, 0) is 42.6 Å². The molecule has 1 aliphatic heterocycles. The highest BCUT2D eigenvalue weighted by Gasteiger charge is 2.38. The van der Waals surface area contributed by atoms with Gasteiger partial charge in [-0.2, -0.15) is 0 Å². The van der Waals surface area contributed by atoms with E-state index in [2.05, 4.69) is 0 Å². The smallest absolute Gasteiger partial charge is 0.466 e. The average molecular weight is 321 g/mol. The van der Waals surface area contributed by atoms with Crippen molar-refractivity contribution in [3.05, 3.63) is 23.3 Å². The molecule has 0 saturated carbocycles. The van der Waals surface area contributed by atoms with Gasteiger partial charge >= 0.3 is 19.2 Å². The first-order chi connectivity index (χ1) is 10.8. The third-order valence-electron chi connectivity index (χ3n) is 3.50. The molecular formula is C15H20BNO6. The molecule has 8 heteroatoms. The first-order valence-electron chi connectivity index (χ1n) is 7.36. The minimum atomic E-state index is -1.17. The number of ether oxygens (including phenoxy) is 2. The number of rotatable bonds is 4. The van der Waals surface area contributed by atoms with Gasteiger partial charge in [0.1, 0.15) is 5.75 Å². The van der Waals surface area contributed by atoms with Gasteiger partial charge in [-0.25, -0.2) is 4.79 Å². The fraction of sp³-hybridized carbons (Fsp3) is 0.467. The zero-order chi connectivity index (χ0) is 17.1. The Morgan fingerprint density at radius 2 is 2.09 bits per heavy atom. The van der Waals surface area contributed by atoms with E-state index >= 15 is 0 Å². The zero-order valence-corrected chi connectivity index (χ0v) is 13.7. The molecule has 0 spiro atoms. The molecule has 1 heterocycles. The number of nitrogens with zero attached hydrogens (tertiary/aromatic N) is 1. The van der Waals surface area contributed by atoms with Gasteiger partial charge in [-0.1, -0.05) is 0 Å². The summed E-state index contributed by atoms with van der Waals surface area (Å²) in [7, 11) is 1.99. The maximum absolute atomic E-state index is 11.7. The number of benzene rings is 1. The van der Waals surface area contributed by atoms with E-state index in [-0.39, 0.29) is 12.4 Å². The van der Waals surface area contributed by atoms with Gasteiger partial charge in [0.15, 0.2) is 0 Å². The van der Waals surface area contributed by atoms with Crippen LogP contribution >= 0.6 is 0 Å². The van der Waals surface area contributed by atoms with Crippen LogP contribution < -0.4 is 10.2 Å². The molecule has 0 radical (unpaired) electrons. The third-order valence-corrected chi connectivity index (χ3v) is 3.50. The number of fused-ring (bicyclic) bond motifs is 1. The lowest BCUT2D eigenvalue weighted by molar-refractivity contribution is -0.145. The van der Waals surface area contributed by atoms with E-state index in [0.29, 0.717) is 17.8 Å². The van der Waals surface area contributed by atoms with Gasteiger partial charge in [0.2, 0.25) is 0 Å². The van der Waals surface area contributed by atoms with Crippen molar-refractivity contribution < 1.29 is 28.7 Å². The Kier molecular flexibility index (Phi) is 5.28. The van der Waals surface area contributed by atoms with Crippen molar-refractivity contribution in [1.82, 2.24) is 4.90 Å². The van der Waals surface area contributed by atoms with Crippen molar-refractivity contribution in [2.24, 2.45) is 0 Å². The lowest BCUT2D eigenvalue weighted by Crippen LogP contribution is -2.30. The topological polar surface area (TPSA) is 85.3 Å². The van der Waals surface area contributed by atoms with Crippen LogP contribution in [0, 0.1) is 6.92 Å². The van der Waals surface area contributed by atoms with Crippen LogP contribution in [0.2, 0.25) is 0 Å². The first kappa shape index (κ1) is 17.3. The van der Waals surface area contributed by atoms with E-state index in [1.165, 1.54) is 4.90 Å². The highest BCUT2D eigenvalue weighted by molar-refractivity contribution is 6.62. The van der Waals surface area contributed by atoms with Crippen molar-refractivity contribution in [2.75, 3.05) is 20.7 Å². The number of esters is 1. The molecule has 0 bridgehead atoms. The van der Waals surface area contributed by atoms with Crippen LogP contribution in [0.1, 0.15) is 30.6 Å². The third kappa shape index (κ3) is 3.83. The fourth-order valence-electron chi connectivity index (χ4n) is 2.51. The molecule has 1 N–H and O–H groups in total. The minimum absolute atomic E-state index is 0.0234. The van der Waals surface area contributed by atoms with E-state index in [0.717, 1.165) is 11.1 Å². The summed E-state index contributed by atoms with van der Waals surface area (Å²) in [5, 5.41) is 10.1. The van der Waals surface area contributed by atoms with Crippen LogP contribution in [-0.4, -0.2) is 49.8 Å². The standard InChI is InChI=1S/C15H20BNO6/c1-5-21-13(18)8-12-14-9(2)6-10(22-15(19)17(3)4)7-11(14)16(20)23-12/h6-7,12,20H,5,8H2,1-4H3. The summed E-state index contributed by atoms with van der Waals surface area (Å²) in [5.41, 5.74) is 2.01. The van der Waals surface area contributed by atoms with E-state index in [4.69, 9.17) is 14.1 Å². The SMILES string of the molecule is CCOC(=O)CC1OB(O)c2cc(OC(=O)N(C)C)cc(C)c21. The summed E-state index contributed by atoms with van der Waals surface area (Å²) < 4.78 is 15.6. The second-order valence-corrected chi connectivity index (χ2v) is 5.49. The minimum Gasteiger partial charge on any atom is -0.466 e. The molecule has 7 nitrogen and oxygen atoms in total. The quantitative estimate of drug-likeness (QED) is 0.651. The molecular weight excluding hydrogens is 301 g/mol. The van der Waals surface area contributed by atoms with E-state index in [1.807, 2.05) is 6.92 Å². The normalized spacial score (nSPS) is 16.0. The molecule has 1 aliphatic rings. The number of amides is 1. The van der Waals surface area contributed by atoms with Gasteiger partial charge in [-0.3, -0.25) is 4.79 Å². The number of carbonyl (C=O) groups excluding carboxylic acids is 2. The summed E-state index contributed by atoms with van der Waals surface area (Å²) in [6.07, 6.45) is -1.06. The summed E-state index contributed by atoms with van der Waals surface area (Å²) >= 11 is 0. The Bertz CT molecular complexity index is 618. The molecule has 1 unspecified atom stereocenters. The fourth-order valence-corrected chi connectivity index (χ4v) is 2.51. The molecule has 1 aromatic rings. The molecule has 124 valence electrons. The molecule has 2 rings (SSSR count). The van der Waals surface area contributed by atoms with Gasteiger partial charge in [-0.15, -0.1) is 0 Å². The highest BCUT2D eigenvalue weighted by Crippen LogP contribution is 2.32. The number of carbonyl (C=O) groups is 2. The van der Waals surface area contributed by atoms with Crippen molar-refractivity contribution in [2.45, 2.75) is 26.4 Å². The van der Waals surface area contributed by atoms with Crippen molar-refractivity contribution in [3.8, 4) is 5.75 Å². The van der Waals surface area contributed by atoms with Crippen LogP contribution in [0.25, 0.3) is 0 Å². The molecule has 0 fully saturated rings. The lowest BCUT2D eigenvalue weighted by atomic mass is 9.77. The van der Waals surface area contributed by atoms with Gasteiger partial charge in [0.05, 0.1) is 19.1 Å². The zero-order valence-electron chi connectivity index (χ0n) is 13.7. The Hall–Kier alpha value is -2.06. The predicted octanol–water partition coefficient (Wildman–Crippen LogP) is 0.767. The molecule has 0 saturated heterocycles. The second kappa shape index (κ2) is 7.01. The van der Waals surface area contributed by atoms with Crippen molar-refractivity contribution >= 4 is 24.6 Å². The van der Waals surface area contributed by atoms with Crippen LogP contribution in [-0.2, 0) is 14.2 Å². The largest absolute Gasteiger partial charge is 0.492 e. The number of hydrogen-bond donors (Lipinski definition) is 1. The summed E-state index contributed by atoms with van der Waals surface area (Å²) in [6.45, 7) is 3.83. The Labute approximate surface area is 135 Å². The van der Waals surface area contributed by atoms with Crippen LogP contribution in [0.3, 0.4) is 0 Å². The van der Waals surface area contributed by atoms with Crippen LogP contribution in [0.15, 0.2) is 12.1 Å². The van der Waals surface area contributed by atoms with E-state index < -0.39 is 19.3 Å². The van der Waals surface area contributed by atoms with Gasteiger partial charge in [0.25, 0.3) is 0 Å². The van der Waals surface area contributed by atoms with E-state index in [9.17, 15) is 14.6 Å². The monoisotopic (exact) mass is 321 g/mol. The van der Waals surface area contributed by atoms with Gasteiger partial charge < -0.3 is 24.1 Å². The average Bonchev–Trinajstić information content (AvgIpc) is 2.75. The molecule has 1 aromatic carbocycles. The maximum atomic E-state index is 11.7. The Morgan fingerprint density at radius 3 is 2.70 bits per heavy atom.